The van der Waals surface area contributed by atoms with Crippen LogP contribution in [0.3, 0.4) is 0 Å². The van der Waals surface area contributed by atoms with Gasteiger partial charge in [-0.1, -0.05) is 12.1 Å². The Hall–Kier alpha value is -1.67. The Balaban J connectivity index is 0.00000169. The van der Waals surface area contributed by atoms with Crippen molar-refractivity contribution in [3.63, 3.8) is 0 Å². The van der Waals surface area contributed by atoms with Gasteiger partial charge < -0.3 is 24.8 Å². The van der Waals surface area contributed by atoms with E-state index in [-0.39, 0.29) is 18.5 Å². The Morgan fingerprint density at radius 3 is 2.71 bits per heavy atom. The van der Waals surface area contributed by atoms with E-state index in [0.717, 1.165) is 37.1 Å². The summed E-state index contributed by atoms with van der Waals surface area (Å²) in [6.07, 6.45) is -1.00. The summed E-state index contributed by atoms with van der Waals surface area (Å²) in [4.78, 5) is 11.4. The number of rotatable bonds is 3. The minimum Gasteiger partial charge on any atom is -0.468 e. The molecular formula is C16H21ClN4O3. The first-order chi connectivity index (χ1) is 11.3. The molecule has 24 heavy (non-hydrogen) atoms. The van der Waals surface area contributed by atoms with Crippen molar-refractivity contribution in [1.82, 2.24) is 15.3 Å². The number of hydrogen-bond donors (Lipinski definition) is 2. The van der Waals surface area contributed by atoms with E-state index in [4.69, 9.17) is 9.47 Å². The van der Waals surface area contributed by atoms with E-state index >= 15 is 0 Å². The fourth-order valence-corrected chi connectivity index (χ4v) is 2.91. The highest BCUT2D eigenvalue weighted by molar-refractivity contribution is 5.85. The summed E-state index contributed by atoms with van der Waals surface area (Å²) in [7, 11) is 0. The number of halogens is 1. The number of anilines is 1. The van der Waals surface area contributed by atoms with E-state index in [2.05, 4.69) is 20.2 Å². The van der Waals surface area contributed by atoms with Gasteiger partial charge in [-0.05, 0) is 12.1 Å². The molecule has 2 saturated heterocycles. The highest BCUT2D eigenvalue weighted by atomic mass is 35.5. The summed E-state index contributed by atoms with van der Waals surface area (Å²) in [5, 5.41) is 14.1. The maximum absolute atomic E-state index is 9.93. The molecule has 4 rings (SSSR count). The third-order valence-corrected chi connectivity index (χ3v) is 4.22. The van der Waals surface area contributed by atoms with Crippen molar-refractivity contribution < 1.29 is 14.6 Å². The average Bonchev–Trinajstić information content (AvgIpc) is 3.00. The largest absolute Gasteiger partial charge is 0.468 e. The zero-order chi connectivity index (χ0) is 15.6. The Labute approximate surface area is 146 Å². The number of nitrogens with zero attached hydrogens (tertiary/aromatic N) is 3. The van der Waals surface area contributed by atoms with Crippen LogP contribution in [-0.4, -0.2) is 66.7 Å². The number of aliphatic hydroxyl groups is 1. The lowest BCUT2D eigenvalue weighted by Crippen LogP contribution is -2.44. The van der Waals surface area contributed by atoms with E-state index in [1.807, 2.05) is 24.3 Å². The smallest absolute Gasteiger partial charge is 0.229 e. The van der Waals surface area contributed by atoms with Crippen LogP contribution in [-0.2, 0) is 4.74 Å². The number of hydrogen-bond acceptors (Lipinski definition) is 7. The molecule has 0 bridgehead atoms. The lowest BCUT2D eigenvalue weighted by Gasteiger charge is -2.28. The van der Waals surface area contributed by atoms with Gasteiger partial charge in [0.15, 0.2) is 6.10 Å². The highest BCUT2D eigenvalue weighted by Gasteiger charge is 2.29. The van der Waals surface area contributed by atoms with Crippen molar-refractivity contribution in [2.75, 3.05) is 44.3 Å². The predicted octanol–water partition coefficient (Wildman–Crippen LogP) is 0.600. The van der Waals surface area contributed by atoms with Crippen LogP contribution in [0.1, 0.15) is 0 Å². The molecule has 2 N–H and O–H groups in total. The highest BCUT2D eigenvalue weighted by Crippen LogP contribution is 2.27. The standard InChI is InChI=1S/C16H20N4O3.ClH/c21-13-9-22-10-14(13)23-15-11-3-1-2-4-12(11)18-16(19-15)20-7-5-17-6-8-20;/h1-4,13-14,17,21H,5-10H2;1H/t13-,14-;/m1./s1. The fourth-order valence-electron chi connectivity index (χ4n) is 2.91. The summed E-state index contributed by atoms with van der Waals surface area (Å²) in [5.74, 6) is 1.19. The Bertz CT molecular complexity index is 696. The van der Waals surface area contributed by atoms with Gasteiger partial charge >= 0.3 is 0 Å². The molecule has 7 nitrogen and oxygen atoms in total. The summed E-state index contributed by atoms with van der Waals surface area (Å²) in [5.41, 5.74) is 0.847. The molecule has 0 radical (unpaired) electrons. The molecule has 0 amide bonds. The zero-order valence-corrected chi connectivity index (χ0v) is 14.0. The van der Waals surface area contributed by atoms with Crippen molar-refractivity contribution in [3.05, 3.63) is 24.3 Å². The van der Waals surface area contributed by atoms with Crippen LogP contribution in [0.5, 0.6) is 5.88 Å². The minimum atomic E-state index is -0.619. The second-order valence-electron chi connectivity index (χ2n) is 5.84. The van der Waals surface area contributed by atoms with Crippen LogP contribution in [0.4, 0.5) is 5.95 Å². The van der Waals surface area contributed by atoms with Crippen LogP contribution >= 0.6 is 12.4 Å². The normalized spacial score (nSPS) is 24.0. The second-order valence-corrected chi connectivity index (χ2v) is 5.84. The fraction of sp³-hybridized carbons (Fsp3) is 0.500. The predicted molar refractivity (Wildman–Crippen MR) is 93.1 cm³/mol. The number of piperazine rings is 1. The topological polar surface area (TPSA) is 79.7 Å². The molecule has 1 aromatic carbocycles. The molecule has 2 aliphatic heterocycles. The lowest BCUT2D eigenvalue weighted by molar-refractivity contribution is 0.0715. The molecular weight excluding hydrogens is 332 g/mol. The third kappa shape index (κ3) is 3.39. The van der Waals surface area contributed by atoms with Gasteiger partial charge in [0.2, 0.25) is 11.8 Å². The van der Waals surface area contributed by atoms with E-state index < -0.39 is 6.10 Å². The van der Waals surface area contributed by atoms with Gasteiger partial charge in [-0.25, -0.2) is 4.98 Å². The first-order valence-corrected chi connectivity index (χ1v) is 7.96. The molecule has 0 aliphatic carbocycles. The molecule has 0 unspecified atom stereocenters. The average molecular weight is 353 g/mol. The molecule has 2 aromatic rings. The van der Waals surface area contributed by atoms with E-state index in [9.17, 15) is 5.11 Å². The molecule has 2 atom stereocenters. The second kappa shape index (κ2) is 7.48. The Morgan fingerprint density at radius 2 is 1.96 bits per heavy atom. The SMILES string of the molecule is Cl.O[C@@H]1COC[C@H]1Oc1nc(N2CCNCC2)nc2ccccc12. The van der Waals surface area contributed by atoms with Gasteiger partial charge in [0.05, 0.1) is 24.1 Å². The first-order valence-electron chi connectivity index (χ1n) is 7.96. The van der Waals surface area contributed by atoms with Crippen molar-refractivity contribution in [3.8, 4) is 5.88 Å². The van der Waals surface area contributed by atoms with E-state index in [1.54, 1.807) is 0 Å². The molecule has 3 heterocycles. The zero-order valence-electron chi connectivity index (χ0n) is 13.2. The van der Waals surface area contributed by atoms with Crippen LogP contribution in [0, 0.1) is 0 Å². The minimum absolute atomic E-state index is 0. The van der Waals surface area contributed by atoms with Gasteiger partial charge in [0.25, 0.3) is 0 Å². The monoisotopic (exact) mass is 352 g/mol. The third-order valence-electron chi connectivity index (χ3n) is 4.22. The van der Waals surface area contributed by atoms with Gasteiger partial charge in [-0.15, -0.1) is 12.4 Å². The van der Waals surface area contributed by atoms with Crippen molar-refractivity contribution in [1.29, 1.82) is 0 Å². The lowest BCUT2D eigenvalue weighted by atomic mass is 10.2. The molecule has 2 aliphatic rings. The molecule has 130 valence electrons. The maximum Gasteiger partial charge on any atom is 0.229 e. The Morgan fingerprint density at radius 1 is 1.17 bits per heavy atom. The van der Waals surface area contributed by atoms with Crippen LogP contribution in [0.25, 0.3) is 10.9 Å². The van der Waals surface area contributed by atoms with Gasteiger partial charge in [-0.3, -0.25) is 0 Å². The van der Waals surface area contributed by atoms with Crippen molar-refractivity contribution in [2.45, 2.75) is 12.2 Å². The number of benzene rings is 1. The first kappa shape index (κ1) is 17.2. The van der Waals surface area contributed by atoms with Crippen molar-refractivity contribution in [2.24, 2.45) is 0 Å². The number of para-hydroxylation sites is 1. The molecule has 2 fully saturated rings. The van der Waals surface area contributed by atoms with Gasteiger partial charge in [0.1, 0.15) is 6.10 Å². The summed E-state index contributed by atoms with van der Waals surface area (Å²) in [6.45, 7) is 4.25. The van der Waals surface area contributed by atoms with Gasteiger partial charge in [0, 0.05) is 26.2 Å². The number of fused-ring (bicyclic) bond motifs is 1. The summed E-state index contributed by atoms with van der Waals surface area (Å²) in [6, 6.07) is 7.78. The number of aromatic nitrogens is 2. The molecule has 0 spiro atoms. The van der Waals surface area contributed by atoms with Crippen molar-refractivity contribution >= 4 is 29.3 Å². The van der Waals surface area contributed by atoms with Gasteiger partial charge in [-0.2, -0.15) is 4.98 Å². The Kier molecular flexibility index (Phi) is 5.35. The van der Waals surface area contributed by atoms with Crippen LogP contribution < -0.4 is 15.0 Å². The molecule has 1 aromatic heterocycles. The molecule has 8 heteroatoms. The van der Waals surface area contributed by atoms with Crippen LogP contribution in [0.2, 0.25) is 0 Å². The number of ether oxygens (including phenoxy) is 2. The molecule has 0 saturated carbocycles. The maximum atomic E-state index is 9.93. The van der Waals surface area contributed by atoms with E-state index in [1.165, 1.54) is 0 Å². The number of aliphatic hydroxyl groups excluding tert-OH is 1. The van der Waals surface area contributed by atoms with Crippen LogP contribution in [0.15, 0.2) is 24.3 Å². The quantitative estimate of drug-likeness (QED) is 0.837. The van der Waals surface area contributed by atoms with E-state index in [0.29, 0.717) is 25.0 Å². The summed E-state index contributed by atoms with van der Waals surface area (Å²) >= 11 is 0. The summed E-state index contributed by atoms with van der Waals surface area (Å²) < 4.78 is 11.2. The number of nitrogens with one attached hydrogen (secondary N) is 1.